The second-order valence-corrected chi connectivity index (χ2v) is 9.53. The van der Waals surface area contributed by atoms with Gasteiger partial charge in [0.1, 0.15) is 5.82 Å². The lowest BCUT2D eigenvalue weighted by Crippen LogP contribution is -2.15. The third kappa shape index (κ3) is 4.74. The summed E-state index contributed by atoms with van der Waals surface area (Å²) in [5.41, 5.74) is 2.94. The Morgan fingerprint density at radius 3 is 2.43 bits per heavy atom. The number of aryl methyl sites for hydroxylation is 1. The zero-order valence-corrected chi connectivity index (χ0v) is 18.4. The SMILES string of the molecule is CCS(=O)(=O)Nc1ccc(C(C)c2cc(C)c(C(=O)c3ccc(Cl)cc3)[nH]2)c(F)c1. The van der Waals surface area contributed by atoms with Gasteiger partial charge in [-0.3, -0.25) is 9.52 Å². The molecular formula is C22H22ClFN2O3S. The minimum atomic E-state index is -3.48. The maximum atomic E-state index is 14.7. The zero-order chi connectivity index (χ0) is 22.1. The molecule has 158 valence electrons. The lowest BCUT2D eigenvalue weighted by molar-refractivity contribution is 0.103. The summed E-state index contributed by atoms with van der Waals surface area (Å²) in [7, 11) is -3.48. The van der Waals surface area contributed by atoms with Crippen LogP contribution in [-0.2, 0) is 10.0 Å². The van der Waals surface area contributed by atoms with E-state index in [4.69, 9.17) is 11.6 Å². The third-order valence-corrected chi connectivity index (χ3v) is 6.51. The highest BCUT2D eigenvalue weighted by molar-refractivity contribution is 7.92. The van der Waals surface area contributed by atoms with Crippen LogP contribution in [0, 0.1) is 12.7 Å². The summed E-state index contributed by atoms with van der Waals surface area (Å²) < 4.78 is 40.4. The van der Waals surface area contributed by atoms with Crippen molar-refractivity contribution in [1.82, 2.24) is 4.98 Å². The number of rotatable bonds is 7. The minimum Gasteiger partial charge on any atom is -0.355 e. The fourth-order valence-electron chi connectivity index (χ4n) is 3.16. The number of H-pyrrole nitrogens is 1. The molecule has 2 aromatic carbocycles. The van der Waals surface area contributed by atoms with Crippen LogP contribution >= 0.6 is 11.6 Å². The van der Waals surface area contributed by atoms with Crippen molar-refractivity contribution in [1.29, 1.82) is 0 Å². The van der Waals surface area contributed by atoms with Gasteiger partial charge in [-0.25, -0.2) is 12.8 Å². The molecule has 0 saturated heterocycles. The summed E-state index contributed by atoms with van der Waals surface area (Å²) in [6.07, 6.45) is 0. The van der Waals surface area contributed by atoms with Gasteiger partial charge < -0.3 is 4.98 Å². The van der Waals surface area contributed by atoms with Crippen molar-refractivity contribution in [2.75, 3.05) is 10.5 Å². The zero-order valence-electron chi connectivity index (χ0n) is 16.8. The minimum absolute atomic E-state index is 0.0983. The van der Waals surface area contributed by atoms with Gasteiger partial charge in [0.2, 0.25) is 15.8 Å². The van der Waals surface area contributed by atoms with E-state index in [-0.39, 0.29) is 23.1 Å². The Labute approximate surface area is 180 Å². The lowest BCUT2D eigenvalue weighted by atomic mass is 9.97. The van der Waals surface area contributed by atoms with Gasteiger partial charge in [0.15, 0.2) is 0 Å². The molecule has 30 heavy (non-hydrogen) atoms. The number of aromatic amines is 1. The van der Waals surface area contributed by atoms with Gasteiger partial charge in [-0.1, -0.05) is 24.6 Å². The van der Waals surface area contributed by atoms with E-state index in [0.29, 0.717) is 27.5 Å². The molecule has 0 aliphatic heterocycles. The molecule has 0 aliphatic carbocycles. The highest BCUT2D eigenvalue weighted by Crippen LogP contribution is 2.29. The van der Waals surface area contributed by atoms with Crippen LogP contribution < -0.4 is 4.72 Å². The predicted molar refractivity (Wildman–Crippen MR) is 117 cm³/mol. The van der Waals surface area contributed by atoms with Crippen LogP contribution in [0.15, 0.2) is 48.5 Å². The first-order valence-corrected chi connectivity index (χ1v) is 11.4. The van der Waals surface area contributed by atoms with Crippen LogP contribution in [0.3, 0.4) is 0 Å². The number of carbonyl (C=O) groups excluding carboxylic acids is 1. The maximum Gasteiger partial charge on any atom is 0.232 e. The van der Waals surface area contributed by atoms with Crippen LogP contribution in [0.4, 0.5) is 10.1 Å². The van der Waals surface area contributed by atoms with Gasteiger partial charge in [-0.2, -0.15) is 0 Å². The topological polar surface area (TPSA) is 79.0 Å². The Hall–Kier alpha value is -2.64. The van der Waals surface area contributed by atoms with E-state index in [2.05, 4.69) is 9.71 Å². The lowest BCUT2D eigenvalue weighted by Gasteiger charge is -2.13. The van der Waals surface area contributed by atoms with Crippen LogP contribution in [0.2, 0.25) is 5.02 Å². The molecule has 2 N–H and O–H groups in total. The molecule has 1 aromatic heterocycles. The van der Waals surface area contributed by atoms with Crippen LogP contribution in [0.1, 0.15) is 52.6 Å². The second kappa shape index (κ2) is 8.62. The van der Waals surface area contributed by atoms with E-state index in [0.717, 1.165) is 11.6 Å². The number of carbonyl (C=O) groups is 1. The molecule has 0 amide bonds. The monoisotopic (exact) mass is 448 g/mol. The average Bonchev–Trinajstić information content (AvgIpc) is 3.09. The number of sulfonamides is 1. The van der Waals surface area contributed by atoms with Gasteiger partial charge in [-0.05, 0) is 67.4 Å². The van der Waals surface area contributed by atoms with Crippen molar-refractivity contribution in [3.8, 4) is 0 Å². The summed E-state index contributed by atoms with van der Waals surface area (Å²) in [6, 6.07) is 12.7. The van der Waals surface area contributed by atoms with Crippen molar-refractivity contribution >= 4 is 33.1 Å². The molecule has 1 heterocycles. The van der Waals surface area contributed by atoms with Gasteiger partial charge in [0.25, 0.3) is 0 Å². The Bertz CT molecular complexity index is 1190. The molecule has 5 nitrogen and oxygen atoms in total. The van der Waals surface area contributed by atoms with Gasteiger partial charge in [0.05, 0.1) is 17.1 Å². The summed E-state index contributed by atoms with van der Waals surface area (Å²) in [6.45, 7) is 5.14. The van der Waals surface area contributed by atoms with Gasteiger partial charge >= 0.3 is 0 Å². The quantitative estimate of drug-likeness (QED) is 0.484. The van der Waals surface area contributed by atoms with E-state index in [9.17, 15) is 17.6 Å². The molecule has 0 saturated carbocycles. The summed E-state index contributed by atoms with van der Waals surface area (Å²) in [5.74, 6) is -1.17. The van der Waals surface area contributed by atoms with Crippen molar-refractivity contribution in [2.24, 2.45) is 0 Å². The van der Waals surface area contributed by atoms with E-state index in [1.807, 2.05) is 19.9 Å². The molecule has 3 rings (SSSR count). The fraction of sp³-hybridized carbons (Fsp3) is 0.227. The number of nitrogens with one attached hydrogen (secondary N) is 2. The van der Waals surface area contributed by atoms with Crippen molar-refractivity contribution in [3.05, 3.63) is 87.4 Å². The summed E-state index contributed by atoms with van der Waals surface area (Å²) in [4.78, 5) is 15.9. The molecule has 0 radical (unpaired) electrons. The fourth-order valence-corrected chi connectivity index (χ4v) is 3.92. The van der Waals surface area contributed by atoms with Gasteiger partial charge in [0, 0.05) is 22.2 Å². The van der Waals surface area contributed by atoms with E-state index in [1.165, 1.54) is 13.0 Å². The van der Waals surface area contributed by atoms with Crippen molar-refractivity contribution in [2.45, 2.75) is 26.7 Å². The van der Waals surface area contributed by atoms with E-state index < -0.39 is 15.8 Å². The Morgan fingerprint density at radius 2 is 1.83 bits per heavy atom. The molecular weight excluding hydrogens is 427 g/mol. The number of benzene rings is 2. The van der Waals surface area contributed by atoms with E-state index in [1.54, 1.807) is 30.3 Å². The predicted octanol–water partition coefficient (Wildman–Crippen LogP) is 5.26. The molecule has 0 spiro atoms. The smallest absolute Gasteiger partial charge is 0.232 e. The van der Waals surface area contributed by atoms with Crippen molar-refractivity contribution < 1.29 is 17.6 Å². The normalized spacial score (nSPS) is 12.6. The largest absolute Gasteiger partial charge is 0.355 e. The van der Waals surface area contributed by atoms with Crippen LogP contribution in [0.25, 0.3) is 0 Å². The first-order chi connectivity index (χ1) is 14.1. The standard InChI is InChI=1S/C22H22ClFN2O3S/c1-4-30(28,29)26-17-9-10-18(19(24)12-17)14(3)20-11-13(2)21(25-20)22(27)15-5-7-16(23)8-6-15/h5-12,14,25-26H,4H2,1-3H3. The maximum absolute atomic E-state index is 14.7. The Kier molecular flexibility index (Phi) is 6.33. The number of anilines is 1. The number of ketones is 1. The van der Waals surface area contributed by atoms with Crippen LogP contribution in [-0.4, -0.2) is 24.9 Å². The molecule has 1 atom stereocenters. The summed E-state index contributed by atoms with van der Waals surface area (Å²) in [5, 5.41) is 0.546. The average molecular weight is 449 g/mol. The second-order valence-electron chi connectivity index (χ2n) is 7.08. The highest BCUT2D eigenvalue weighted by Gasteiger charge is 2.20. The van der Waals surface area contributed by atoms with Crippen molar-refractivity contribution in [3.63, 3.8) is 0 Å². The number of hydrogen-bond acceptors (Lipinski definition) is 3. The summed E-state index contributed by atoms with van der Waals surface area (Å²) >= 11 is 5.88. The molecule has 0 fully saturated rings. The number of hydrogen-bond donors (Lipinski definition) is 2. The first kappa shape index (κ1) is 22.1. The molecule has 0 aliphatic rings. The van der Waals surface area contributed by atoms with E-state index >= 15 is 0 Å². The third-order valence-electron chi connectivity index (χ3n) is 4.96. The molecule has 8 heteroatoms. The molecule has 0 bridgehead atoms. The number of aromatic nitrogens is 1. The number of halogens is 2. The molecule has 1 unspecified atom stereocenters. The Morgan fingerprint density at radius 1 is 1.17 bits per heavy atom. The van der Waals surface area contributed by atoms with Crippen LogP contribution in [0.5, 0.6) is 0 Å². The first-order valence-electron chi connectivity index (χ1n) is 9.41. The Balaban J connectivity index is 1.87. The van der Waals surface area contributed by atoms with Gasteiger partial charge in [-0.15, -0.1) is 0 Å². The molecule has 3 aromatic rings. The highest BCUT2D eigenvalue weighted by atomic mass is 35.5.